The van der Waals surface area contributed by atoms with Gasteiger partial charge < -0.3 is 0 Å². The Labute approximate surface area is 72.2 Å². The first-order chi connectivity index (χ1) is 5.86. The van der Waals surface area contributed by atoms with E-state index in [1.807, 2.05) is 25.3 Å². The van der Waals surface area contributed by atoms with Gasteiger partial charge in [0.2, 0.25) is 0 Å². The highest BCUT2D eigenvalue weighted by Gasteiger charge is 1.90. The summed E-state index contributed by atoms with van der Waals surface area (Å²) in [6, 6.07) is 9.32. The van der Waals surface area contributed by atoms with Crippen molar-refractivity contribution >= 4 is 11.9 Å². The van der Waals surface area contributed by atoms with E-state index in [0.717, 1.165) is 12.1 Å². The second-order valence-electron chi connectivity index (χ2n) is 2.38. The molecular formula is C10H10N2. The van der Waals surface area contributed by atoms with Gasteiger partial charge in [-0.25, -0.2) is 0 Å². The van der Waals surface area contributed by atoms with Crippen molar-refractivity contribution in [3.05, 3.63) is 29.8 Å². The molecule has 0 saturated heterocycles. The molecule has 2 nitrogen and oxygen atoms in total. The number of benzene rings is 1. The lowest BCUT2D eigenvalue weighted by Crippen LogP contribution is -1.72. The van der Waals surface area contributed by atoms with Crippen LogP contribution in [0.2, 0.25) is 0 Å². The average Bonchev–Trinajstić information content (AvgIpc) is 2.15. The normalized spacial score (nSPS) is 10.0. The number of rotatable bonds is 2. The van der Waals surface area contributed by atoms with Crippen molar-refractivity contribution in [1.82, 2.24) is 0 Å². The fourth-order valence-electron chi connectivity index (χ4n) is 0.852. The van der Waals surface area contributed by atoms with Gasteiger partial charge in [-0.15, -0.1) is 0 Å². The van der Waals surface area contributed by atoms with E-state index >= 15 is 0 Å². The fraction of sp³-hybridized carbons (Fsp3) is 0.200. The molecule has 0 aliphatic rings. The Bertz CT molecular complexity index is 321. The van der Waals surface area contributed by atoms with E-state index in [1.54, 1.807) is 12.1 Å². The van der Waals surface area contributed by atoms with Crippen LogP contribution in [0.5, 0.6) is 0 Å². The Morgan fingerprint density at radius 2 is 2.42 bits per heavy atom. The highest BCUT2D eigenvalue weighted by molar-refractivity contribution is 5.63. The van der Waals surface area contributed by atoms with E-state index in [4.69, 9.17) is 5.26 Å². The van der Waals surface area contributed by atoms with Gasteiger partial charge in [0, 0.05) is 6.21 Å². The lowest BCUT2D eigenvalue weighted by Gasteiger charge is -1.91. The van der Waals surface area contributed by atoms with E-state index in [1.165, 1.54) is 0 Å². The molecule has 1 aromatic rings. The minimum absolute atomic E-state index is 0.653. The Morgan fingerprint density at radius 1 is 1.58 bits per heavy atom. The molecule has 0 amide bonds. The summed E-state index contributed by atoms with van der Waals surface area (Å²) in [5.41, 5.74) is 1.50. The van der Waals surface area contributed by atoms with E-state index < -0.39 is 0 Å². The standard InChI is InChI=1S/C10H10N2/c1-2-6-12-10-5-3-4-9(7-10)8-11/h3-7H,2H2,1H3/b12-6+. The molecule has 12 heavy (non-hydrogen) atoms. The summed E-state index contributed by atoms with van der Waals surface area (Å²) in [4.78, 5) is 4.16. The van der Waals surface area contributed by atoms with Gasteiger partial charge in [-0.2, -0.15) is 5.26 Å². The molecule has 0 fully saturated rings. The maximum atomic E-state index is 8.59. The highest BCUT2D eigenvalue weighted by atomic mass is 14.7. The summed E-state index contributed by atoms with van der Waals surface area (Å²) in [5.74, 6) is 0. The molecule has 0 N–H and O–H groups in total. The van der Waals surface area contributed by atoms with Gasteiger partial charge >= 0.3 is 0 Å². The number of aliphatic imine (C=N–C) groups is 1. The summed E-state index contributed by atoms with van der Waals surface area (Å²) >= 11 is 0. The first kappa shape index (κ1) is 8.48. The predicted octanol–water partition coefficient (Wildman–Crippen LogP) is 2.67. The number of nitrogens with zero attached hydrogens (tertiary/aromatic N) is 2. The molecule has 0 aliphatic heterocycles. The maximum Gasteiger partial charge on any atom is 0.0992 e. The largest absolute Gasteiger partial charge is 0.261 e. The predicted molar refractivity (Wildman–Crippen MR) is 49.6 cm³/mol. The third-order valence-electron chi connectivity index (χ3n) is 1.40. The highest BCUT2D eigenvalue weighted by Crippen LogP contribution is 2.12. The SMILES string of the molecule is CC/C=N/c1cccc(C#N)c1. The maximum absolute atomic E-state index is 8.59. The molecule has 0 spiro atoms. The van der Waals surface area contributed by atoms with Crippen LogP contribution in [-0.2, 0) is 0 Å². The molecule has 60 valence electrons. The van der Waals surface area contributed by atoms with Crippen molar-refractivity contribution in [2.24, 2.45) is 4.99 Å². The zero-order chi connectivity index (χ0) is 8.81. The zero-order valence-electron chi connectivity index (χ0n) is 6.99. The topological polar surface area (TPSA) is 36.1 Å². The zero-order valence-corrected chi connectivity index (χ0v) is 6.99. The third-order valence-corrected chi connectivity index (χ3v) is 1.40. The van der Waals surface area contributed by atoms with Crippen LogP contribution in [0.25, 0.3) is 0 Å². The monoisotopic (exact) mass is 158 g/mol. The molecule has 1 rings (SSSR count). The smallest absolute Gasteiger partial charge is 0.0992 e. The van der Waals surface area contributed by atoms with Crippen LogP contribution in [0.15, 0.2) is 29.3 Å². The van der Waals surface area contributed by atoms with Crippen molar-refractivity contribution in [2.75, 3.05) is 0 Å². The van der Waals surface area contributed by atoms with Gasteiger partial charge in [-0.1, -0.05) is 13.0 Å². The molecule has 0 radical (unpaired) electrons. The van der Waals surface area contributed by atoms with Crippen molar-refractivity contribution in [2.45, 2.75) is 13.3 Å². The second-order valence-corrected chi connectivity index (χ2v) is 2.38. The van der Waals surface area contributed by atoms with Gasteiger partial charge in [0.05, 0.1) is 17.3 Å². The van der Waals surface area contributed by atoms with Crippen LogP contribution >= 0.6 is 0 Å². The van der Waals surface area contributed by atoms with Gasteiger partial charge in [0.15, 0.2) is 0 Å². The van der Waals surface area contributed by atoms with E-state index in [2.05, 4.69) is 11.1 Å². The molecule has 0 saturated carbocycles. The van der Waals surface area contributed by atoms with E-state index in [0.29, 0.717) is 5.56 Å². The van der Waals surface area contributed by atoms with Gasteiger partial charge in [0.1, 0.15) is 0 Å². The molecule has 0 atom stereocenters. The molecule has 2 heteroatoms. The van der Waals surface area contributed by atoms with E-state index in [-0.39, 0.29) is 0 Å². The lowest BCUT2D eigenvalue weighted by atomic mass is 10.2. The number of hydrogen-bond acceptors (Lipinski definition) is 2. The van der Waals surface area contributed by atoms with Crippen LogP contribution in [-0.4, -0.2) is 6.21 Å². The van der Waals surface area contributed by atoms with Gasteiger partial charge in [0.25, 0.3) is 0 Å². The van der Waals surface area contributed by atoms with Crippen molar-refractivity contribution in [1.29, 1.82) is 5.26 Å². The second kappa shape index (κ2) is 4.30. The quantitative estimate of drug-likeness (QED) is 0.609. The minimum Gasteiger partial charge on any atom is -0.261 e. The van der Waals surface area contributed by atoms with Crippen LogP contribution in [0.3, 0.4) is 0 Å². The van der Waals surface area contributed by atoms with Gasteiger partial charge in [-0.3, -0.25) is 4.99 Å². The van der Waals surface area contributed by atoms with Crippen molar-refractivity contribution in [3.8, 4) is 6.07 Å². The Hall–Kier alpha value is -1.62. The number of nitriles is 1. The minimum atomic E-state index is 0.653. The van der Waals surface area contributed by atoms with Crippen LogP contribution < -0.4 is 0 Å². The molecule has 0 aliphatic carbocycles. The fourth-order valence-corrected chi connectivity index (χ4v) is 0.852. The van der Waals surface area contributed by atoms with Crippen molar-refractivity contribution in [3.63, 3.8) is 0 Å². The molecule has 0 unspecified atom stereocenters. The van der Waals surface area contributed by atoms with Crippen LogP contribution in [0.4, 0.5) is 5.69 Å². The molecule has 0 bridgehead atoms. The van der Waals surface area contributed by atoms with E-state index in [9.17, 15) is 0 Å². The summed E-state index contributed by atoms with van der Waals surface area (Å²) in [6.07, 6.45) is 2.74. The first-order valence-electron chi connectivity index (χ1n) is 3.89. The van der Waals surface area contributed by atoms with Crippen LogP contribution in [0.1, 0.15) is 18.9 Å². The molecule has 0 aromatic heterocycles. The first-order valence-corrected chi connectivity index (χ1v) is 3.89. The summed E-state index contributed by atoms with van der Waals surface area (Å²) in [7, 11) is 0. The average molecular weight is 158 g/mol. The number of hydrogen-bond donors (Lipinski definition) is 0. The molecule has 1 aromatic carbocycles. The lowest BCUT2D eigenvalue weighted by molar-refractivity contribution is 1.31. The van der Waals surface area contributed by atoms with Crippen LogP contribution in [0, 0.1) is 11.3 Å². The summed E-state index contributed by atoms with van der Waals surface area (Å²) < 4.78 is 0. The summed E-state index contributed by atoms with van der Waals surface area (Å²) in [6.45, 7) is 2.03. The molecule has 0 heterocycles. The Kier molecular flexibility index (Phi) is 3.04. The Balaban J connectivity index is 2.88. The third kappa shape index (κ3) is 2.21. The van der Waals surface area contributed by atoms with Crippen molar-refractivity contribution < 1.29 is 0 Å². The Morgan fingerprint density at radius 3 is 3.08 bits per heavy atom. The molecular weight excluding hydrogens is 148 g/mol. The van der Waals surface area contributed by atoms with Gasteiger partial charge in [-0.05, 0) is 24.6 Å². The summed E-state index contributed by atoms with van der Waals surface area (Å²) in [5, 5.41) is 8.59.